The van der Waals surface area contributed by atoms with Crippen molar-refractivity contribution in [2.45, 2.75) is 57.5 Å². The lowest BCUT2D eigenvalue weighted by Gasteiger charge is -2.11. The fourth-order valence-corrected chi connectivity index (χ4v) is 2.36. The Labute approximate surface area is 105 Å². The van der Waals surface area contributed by atoms with Crippen LogP contribution in [0.25, 0.3) is 0 Å². The van der Waals surface area contributed by atoms with E-state index < -0.39 is 0 Å². The molecule has 1 heteroatoms. The molecule has 1 nitrogen and oxygen atoms in total. The summed E-state index contributed by atoms with van der Waals surface area (Å²) in [5.41, 5.74) is 1.49. The quantitative estimate of drug-likeness (QED) is 0.474. The van der Waals surface area contributed by atoms with Gasteiger partial charge in [-0.2, -0.15) is 0 Å². The van der Waals surface area contributed by atoms with E-state index in [0.717, 1.165) is 6.61 Å². The van der Waals surface area contributed by atoms with Crippen LogP contribution in [0, 0.1) is 0 Å². The second kappa shape index (κ2) is 6.80. The maximum absolute atomic E-state index is 5.21. The predicted octanol–water partition coefficient (Wildman–Crippen LogP) is 4.53. The second-order valence-electron chi connectivity index (χ2n) is 5.26. The third-order valence-corrected chi connectivity index (χ3v) is 3.68. The van der Waals surface area contributed by atoms with Gasteiger partial charge in [-0.1, -0.05) is 62.9 Å². The van der Waals surface area contributed by atoms with Gasteiger partial charge >= 0.3 is 0 Å². The van der Waals surface area contributed by atoms with Crippen LogP contribution in [0.5, 0.6) is 0 Å². The number of hydrogen-bond acceptors (Lipinski definition) is 1. The SMILES string of the molecule is CC(CCCCCCC1CO1)c1ccccc1. The van der Waals surface area contributed by atoms with Gasteiger partial charge in [-0.15, -0.1) is 0 Å². The zero-order valence-corrected chi connectivity index (χ0v) is 10.9. The van der Waals surface area contributed by atoms with Crippen LogP contribution >= 0.6 is 0 Å². The third-order valence-electron chi connectivity index (χ3n) is 3.68. The van der Waals surface area contributed by atoms with Crippen LogP contribution < -0.4 is 0 Å². The molecule has 2 rings (SSSR count). The molecule has 0 bridgehead atoms. The van der Waals surface area contributed by atoms with Crippen LogP contribution in [0.3, 0.4) is 0 Å². The molecule has 0 aromatic heterocycles. The first-order valence-electron chi connectivity index (χ1n) is 7.03. The maximum Gasteiger partial charge on any atom is 0.0810 e. The minimum Gasteiger partial charge on any atom is -0.373 e. The smallest absolute Gasteiger partial charge is 0.0810 e. The summed E-state index contributed by atoms with van der Waals surface area (Å²) in [4.78, 5) is 0. The lowest BCUT2D eigenvalue weighted by molar-refractivity contribution is 0.387. The predicted molar refractivity (Wildman–Crippen MR) is 72.3 cm³/mol. The van der Waals surface area contributed by atoms with Crippen LogP contribution in [0.2, 0.25) is 0 Å². The molecule has 1 aromatic carbocycles. The van der Waals surface area contributed by atoms with E-state index in [4.69, 9.17) is 4.74 Å². The monoisotopic (exact) mass is 232 g/mol. The van der Waals surface area contributed by atoms with Gasteiger partial charge < -0.3 is 4.74 Å². The van der Waals surface area contributed by atoms with Crippen molar-refractivity contribution in [1.82, 2.24) is 0 Å². The highest BCUT2D eigenvalue weighted by Crippen LogP contribution is 2.22. The van der Waals surface area contributed by atoms with Crippen molar-refractivity contribution in [3.8, 4) is 0 Å². The van der Waals surface area contributed by atoms with Crippen molar-refractivity contribution >= 4 is 0 Å². The van der Waals surface area contributed by atoms with E-state index in [1.807, 2.05) is 0 Å². The molecule has 1 aliphatic heterocycles. The maximum atomic E-state index is 5.21. The number of hydrogen-bond donors (Lipinski definition) is 0. The van der Waals surface area contributed by atoms with E-state index in [9.17, 15) is 0 Å². The minimum absolute atomic E-state index is 0.623. The van der Waals surface area contributed by atoms with Crippen molar-refractivity contribution in [3.05, 3.63) is 35.9 Å². The largest absolute Gasteiger partial charge is 0.373 e. The van der Waals surface area contributed by atoms with Gasteiger partial charge in [-0.25, -0.2) is 0 Å². The standard InChI is InChI=1S/C16H24O/c1-14(15-10-6-4-7-11-15)9-5-2-3-8-12-16-13-17-16/h4,6-7,10-11,14,16H,2-3,5,8-9,12-13H2,1H3. The van der Waals surface area contributed by atoms with Crippen molar-refractivity contribution in [2.24, 2.45) is 0 Å². The Morgan fingerprint density at radius 3 is 2.53 bits per heavy atom. The Balaban J connectivity index is 1.52. The van der Waals surface area contributed by atoms with Gasteiger partial charge in [0.2, 0.25) is 0 Å². The van der Waals surface area contributed by atoms with Gasteiger partial charge in [0, 0.05) is 0 Å². The van der Waals surface area contributed by atoms with Gasteiger partial charge in [0.15, 0.2) is 0 Å². The molecular weight excluding hydrogens is 208 g/mol. The molecule has 0 radical (unpaired) electrons. The number of ether oxygens (including phenoxy) is 1. The summed E-state index contributed by atoms with van der Waals surface area (Å²) in [5.74, 6) is 0.711. The number of epoxide rings is 1. The molecule has 1 aromatic rings. The molecule has 2 atom stereocenters. The number of rotatable bonds is 8. The van der Waals surface area contributed by atoms with Crippen LogP contribution in [0.1, 0.15) is 56.9 Å². The number of unbranched alkanes of at least 4 members (excludes halogenated alkanes) is 3. The summed E-state index contributed by atoms with van der Waals surface area (Å²) in [5, 5.41) is 0. The molecule has 1 fully saturated rings. The summed E-state index contributed by atoms with van der Waals surface area (Å²) in [6.07, 6.45) is 8.70. The number of benzene rings is 1. The first-order chi connectivity index (χ1) is 8.36. The first-order valence-corrected chi connectivity index (χ1v) is 7.03. The third kappa shape index (κ3) is 4.91. The second-order valence-corrected chi connectivity index (χ2v) is 5.26. The molecule has 1 saturated heterocycles. The van der Waals surface area contributed by atoms with E-state index in [1.54, 1.807) is 0 Å². The van der Waals surface area contributed by atoms with Crippen molar-refractivity contribution in [1.29, 1.82) is 0 Å². The van der Waals surface area contributed by atoms with Gasteiger partial charge in [0.25, 0.3) is 0 Å². The van der Waals surface area contributed by atoms with Crippen LogP contribution in [-0.2, 0) is 4.74 Å². The van der Waals surface area contributed by atoms with Crippen molar-refractivity contribution < 1.29 is 4.74 Å². The Morgan fingerprint density at radius 2 is 1.82 bits per heavy atom. The molecule has 1 heterocycles. The normalized spacial score (nSPS) is 20.2. The van der Waals surface area contributed by atoms with E-state index in [2.05, 4.69) is 37.3 Å². The molecule has 0 amide bonds. The summed E-state index contributed by atoms with van der Waals surface area (Å²) >= 11 is 0. The summed E-state index contributed by atoms with van der Waals surface area (Å²) in [7, 11) is 0. The topological polar surface area (TPSA) is 12.5 Å². The average molecular weight is 232 g/mol. The summed E-state index contributed by atoms with van der Waals surface area (Å²) in [6.45, 7) is 3.36. The fraction of sp³-hybridized carbons (Fsp3) is 0.625. The van der Waals surface area contributed by atoms with Crippen LogP contribution in [0.4, 0.5) is 0 Å². The van der Waals surface area contributed by atoms with Gasteiger partial charge in [0.1, 0.15) is 0 Å². The van der Waals surface area contributed by atoms with Gasteiger partial charge in [-0.3, -0.25) is 0 Å². The molecule has 2 unspecified atom stereocenters. The molecule has 0 saturated carbocycles. The molecule has 0 aliphatic carbocycles. The average Bonchev–Trinajstić information content (AvgIpc) is 3.18. The molecule has 0 spiro atoms. The Hall–Kier alpha value is -0.820. The summed E-state index contributed by atoms with van der Waals surface area (Å²) < 4.78 is 5.21. The van der Waals surface area contributed by atoms with Crippen molar-refractivity contribution in [2.75, 3.05) is 6.61 Å². The highest BCUT2D eigenvalue weighted by molar-refractivity contribution is 5.18. The molecule has 94 valence electrons. The summed E-state index contributed by atoms with van der Waals surface area (Å²) in [6, 6.07) is 10.9. The van der Waals surface area contributed by atoms with Gasteiger partial charge in [0.05, 0.1) is 12.7 Å². The lowest BCUT2D eigenvalue weighted by atomic mass is 9.95. The molecule has 1 aliphatic rings. The Morgan fingerprint density at radius 1 is 1.12 bits per heavy atom. The van der Waals surface area contributed by atoms with E-state index in [1.165, 1.54) is 44.1 Å². The van der Waals surface area contributed by atoms with Crippen LogP contribution in [-0.4, -0.2) is 12.7 Å². The highest BCUT2D eigenvalue weighted by atomic mass is 16.6. The molecule has 17 heavy (non-hydrogen) atoms. The van der Waals surface area contributed by atoms with Gasteiger partial charge in [-0.05, 0) is 24.3 Å². The molecule has 0 N–H and O–H groups in total. The molecular formula is C16H24O. The van der Waals surface area contributed by atoms with Crippen molar-refractivity contribution in [3.63, 3.8) is 0 Å². The minimum atomic E-state index is 0.623. The van der Waals surface area contributed by atoms with E-state index in [-0.39, 0.29) is 0 Å². The Bertz CT molecular complexity index is 303. The van der Waals surface area contributed by atoms with E-state index >= 15 is 0 Å². The zero-order chi connectivity index (χ0) is 11.9. The lowest BCUT2D eigenvalue weighted by Crippen LogP contribution is -1.93. The van der Waals surface area contributed by atoms with E-state index in [0.29, 0.717) is 12.0 Å². The van der Waals surface area contributed by atoms with Crippen LogP contribution in [0.15, 0.2) is 30.3 Å². The Kier molecular flexibility index (Phi) is 5.06. The zero-order valence-electron chi connectivity index (χ0n) is 10.9. The first kappa shape index (κ1) is 12.6. The highest BCUT2D eigenvalue weighted by Gasteiger charge is 2.20. The fourth-order valence-electron chi connectivity index (χ4n) is 2.36.